The van der Waals surface area contributed by atoms with Crippen molar-refractivity contribution in [1.29, 1.82) is 0 Å². The lowest BCUT2D eigenvalue weighted by Gasteiger charge is -2.39. The molecule has 1 saturated heterocycles. The summed E-state index contributed by atoms with van der Waals surface area (Å²) in [5, 5.41) is 5.14. The fourth-order valence-electron chi connectivity index (χ4n) is 8.26. The highest BCUT2D eigenvalue weighted by molar-refractivity contribution is 5.99. The van der Waals surface area contributed by atoms with E-state index in [1.165, 1.54) is 55.4 Å². The lowest BCUT2D eigenvalue weighted by atomic mass is 9.68. The zero-order chi connectivity index (χ0) is 28.1. The van der Waals surface area contributed by atoms with Crippen LogP contribution in [0.1, 0.15) is 19.4 Å². The van der Waals surface area contributed by atoms with Gasteiger partial charge in [-0.1, -0.05) is 121 Å². The van der Waals surface area contributed by atoms with Gasteiger partial charge in [-0.2, -0.15) is 0 Å². The number of para-hydroxylation sites is 1. The van der Waals surface area contributed by atoms with Crippen molar-refractivity contribution in [1.82, 2.24) is 0 Å². The second-order valence-corrected chi connectivity index (χ2v) is 12.6. The van der Waals surface area contributed by atoms with Crippen LogP contribution < -0.4 is 9.80 Å². The molecule has 0 spiro atoms. The fourth-order valence-corrected chi connectivity index (χ4v) is 8.26. The summed E-state index contributed by atoms with van der Waals surface area (Å²) >= 11 is 0. The summed E-state index contributed by atoms with van der Waals surface area (Å²) in [5.74, 6) is 0. The van der Waals surface area contributed by atoms with Crippen molar-refractivity contribution >= 4 is 38.6 Å². The highest BCUT2D eigenvalue weighted by Crippen LogP contribution is 2.60. The Balaban J connectivity index is 1.31. The van der Waals surface area contributed by atoms with Crippen molar-refractivity contribution in [3.63, 3.8) is 0 Å². The summed E-state index contributed by atoms with van der Waals surface area (Å²) in [6, 6.07) is 40.5. The van der Waals surface area contributed by atoms with Gasteiger partial charge in [-0.3, -0.25) is 0 Å². The van der Waals surface area contributed by atoms with Crippen LogP contribution >= 0.6 is 0 Å². The van der Waals surface area contributed by atoms with Crippen LogP contribution in [0.3, 0.4) is 0 Å². The molecule has 0 amide bonds. The minimum atomic E-state index is -0.202. The van der Waals surface area contributed by atoms with Gasteiger partial charge in [0.15, 0.2) is 0 Å². The molecule has 2 heteroatoms. The topological polar surface area (TPSA) is 6.48 Å². The first-order valence-electron chi connectivity index (χ1n) is 15.0. The lowest BCUT2D eigenvalue weighted by Crippen LogP contribution is -2.41. The van der Waals surface area contributed by atoms with Crippen LogP contribution in [0.5, 0.6) is 0 Å². The van der Waals surface area contributed by atoms with E-state index in [1.54, 1.807) is 0 Å². The Labute approximate surface area is 247 Å². The number of allylic oxidation sites excluding steroid dienone is 3. The first-order valence-corrected chi connectivity index (χ1v) is 15.0. The first-order chi connectivity index (χ1) is 20.6. The smallest absolute Gasteiger partial charge is 0.0659 e. The Morgan fingerprint density at radius 1 is 0.548 bits per heavy atom. The molecule has 4 aliphatic rings. The SMILES string of the molecule is CC12C=CC=CC1N(c1cccc3ccccc13)C1=CC3(C)c4ccccc4N(c4cccc5ccccc45)C3C=C12. The van der Waals surface area contributed by atoms with Crippen molar-refractivity contribution in [2.45, 2.75) is 31.3 Å². The molecular weight excluding hydrogens is 508 g/mol. The number of anilines is 3. The number of rotatable bonds is 2. The number of fused-ring (bicyclic) bond motifs is 8. The summed E-state index contributed by atoms with van der Waals surface area (Å²) in [6.45, 7) is 4.87. The van der Waals surface area contributed by atoms with Gasteiger partial charge in [0.05, 0.1) is 12.1 Å². The van der Waals surface area contributed by atoms with Crippen LogP contribution in [-0.4, -0.2) is 12.1 Å². The van der Waals surface area contributed by atoms with E-state index in [2.05, 4.69) is 169 Å². The van der Waals surface area contributed by atoms with Gasteiger partial charge < -0.3 is 9.80 Å². The fraction of sp³-hybridized carbons (Fsp3) is 0.150. The largest absolute Gasteiger partial charge is 0.333 e. The summed E-state index contributed by atoms with van der Waals surface area (Å²) in [6.07, 6.45) is 14.5. The highest BCUT2D eigenvalue weighted by atomic mass is 15.2. The third-order valence-electron chi connectivity index (χ3n) is 10.3. The minimum Gasteiger partial charge on any atom is -0.333 e. The molecule has 4 unspecified atom stereocenters. The van der Waals surface area contributed by atoms with E-state index in [9.17, 15) is 0 Å². The second kappa shape index (κ2) is 8.36. The molecule has 0 aromatic heterocycles. The van der Waals surface area contributed by atoms with Gasteiger partial charge in [-0.05, 0) is 60.0 Å². The zero-order valence-corrected chi connectivity index (χ0v) is 23.9. The average molecular weight is 541 g/mol. The van der Waals surface area contributed by atoms with Crippen LogP contribution in [0.2, 0.25) is 0 Å². The van der Waals surface area contributed by atoms with Gasteiger partial charge in [0, 0.05) is 44.4 Å². The predicted octanol–water partition coefficient (Wildman–Crippen LogP) is 9.62. The maximum atomic E-state index is 2.62. The molecule has 2 nitrogen and oxygen atoms in total. The predicted molar refractivity (Wildman–Crippen MR) is 176 cm³/mol. The molecule has 5 aromatic rings. The molecule has 9 rings (SSSR count). The van der Waals surface area contributed by atoms with E-state index in [0.29, 0.717) is 0 Å². The van der Waals surface area contributed by atoms with Gasteiger partial charge in [0.1, 0.15) is 0 Å². The Morgan fingerprint density at radius 2 is 1.14 bits per heavy atom. The normalized spacial score (nSPS) is 27.0. The molecule has 2 heterocycles. The molecule has 4 atom stereocenters. The Morgan fingerprint density at radius 3 is 1.88 bits per heavy atom. The van der Waals surface area contributed by atoms with Crippen molar-refractivity contribution in [2.75, 3.05) is 9.80 Å². The molecule has 2 aliphatic carbocycles. The van der Waals surface area contributed by atoms with E-state index < -0.39 is 0 Å². The van der Waals surface area contributed by atoms with Crippen molar-refractivity contribution in [3.05, 3.63) is 162 Å². The molecule has 0 bridgehead atoms. The van der Waals surface area contributed by atoms with Crippen molar-refractivity contribution < 1.29 is 0 Å². The van der Waals surface area contributed by atoms with Gasteiger partial charge in [-0.25, -0.2) is 0 Å². The summed E-state index contributed by atoms with van der Waals surface area (Å²) in [4.78, 5) is 5.23. The first kappa shape index (κ1) is 23.8. The maximum Gasteiger partial charge on any atom is 0.0659 e. The maximum absolute atomic E-state index is 2.62. The second-order valence-electron chi connectivity index (χ2n) is 12.6. The van der Waals surface area contributed by atoms with E-state index in [1.807, 2.05) is 0 Å². The quantitative estimate of drug-likeness (QED) is 0.220. The molecular formula is C40H32N2. The van der Waals surface area contributed by atoms with Gasteiger partial charge in [-0.15, -0.1) is 0 Å². The van der Waals surface area contributed by atoms with Gasteiger partial charge in [0.2, 0.25) is 0 Å². The monoisotopic (exact) mass is 540 g/mol. The molecule has 2 aliphatic heterocycles. The zero-order valence-electron chi connectivity index (χ0n) is 23.9. The standard InChI is InChI=1S/C40H32N2/c1-39-24-10-9-23-37(39)42(34-22-12-16-28-14-4-6-18-30(28)34)36-26-40(2)31-19-7-8-20-35(31)41(38(40)25-32(36)39)33-21-11-15-27-13-3-5-17-29(27)33/h3-26,37-38H,1-2H3. The number of benzene rings is 5. The minimum absolute atomic E-state index is 0.141. The Bertz CT molecular complexity index is 2050. The Hall–Kier alpha value is -4.82. The number of hydrogen-bond acceptors (Lipinski definition) is 2. The summed E-state index contributed by atoms with van der Waals surface area (Å²) < 4.78 is 0. The molecule has 0 saturated carbocycles. The highest BCUT2D eigenvalue weighted by Gasteiger charge is 2.56. The molecule has 0 radical (unpaired) electrons. The van der Waals surface area contributed by atoms with E-state index in [0.717, 1.165) is 0 Å². The molecule has 0 N–H and O–H groups in total. The van der Waals surface area contributed by atoms with Crippen LogP contribution in [0.15, 0.2) is 157 Å². The Kier molecular flexibility index (Phi) is 4.75. The van der Waals surface area contributed by atoms with E-state index in [-0.39, 0.29) is 22.9 Å². The lowest BCUT2D eigenvalue weighted by molar-refractivity contribution is 0.485. The molecule has 5 aromatic carbocycles. The molecule has 42 heavy (non-hydrogen) atoms. The third kappa shape index (κ3) is 2.99. The average Bonchev–Trinajstić information content (AvgIpc) is 3.43. The van der Waals surface area contributed by atoms with Gasteiger partial charge in [0.25, 0.3) is 0 Å². The third-order valence-corrected chi connectivity index (χ3v) is 10.3. The van der Waals surface area contributed by atoms with E-state index >= 15 is 0 Å². The van der Waals surface area contributed by atoms with Crippen LogP contribution in [0, 0.1) is 5.41 Å². The molecule has 1 fully saturated rings. The van der Waals surface area contributed by atoms with Crippen LogP contribution in [0.4, 0.5) is 17.1 Å². The summed E-state index contributed by atoms with van der Waals surface area (Å²) in [7, 11) is 0. The van der Waals surface area contributed by atoms with Crippen molar-refractivity contribution in [3.8, 4) is 0 Å². The number of nitrogens with zero attached hydrogens (tertiary/aromatic N) is 2. The van der Waals surface area contributed by atoms with E-state index in [4.69, 9.17) is 0 Å². The van der Waals surface area contributed by atoms with Gasteiger partial charge >= 0.3 is 0 Å². The summed E-state index contributed by atoms with van der Waals surface area (Å²) in [5.41, 5.74) is 7.64. The van der Waals surface area contributed by atoms with Crippen LogP contribution in [-0.2, 0) is 5.41 Å². The molecule has 202 valence electrons. The number of hydrogen-bond donors (Lipinski definition) is 0. The van der Waals surface area contributed by atoms with Crippen molar-refractivity contribution in [2.24, 2.45) is 5.41 Å². The van der Waals surface area contributed by atoms with Crippen LogP contribution in [0.25, 0.3) is 21.5 Å².